The number of ether oxygens (including phenoxy) is 5. The minimum atomic E-state index is 0.0961. The molecule has 4 aromatic carbocycles. The van der Waals surface area contributed by atoms with E-state index in [-0.39, 0.29) is 6.04 Å². The van der Waals surface area contributed by atoms with Crippen LogP contribution in [0.4, 0.5) is 0 Å². The maximum Gasteiger partial charge on any atom is 0.203 e. The third kappa shape index (κ3) is 6.13. The van der Waals surface area contributed by atoms with E-state index in [0.717, 1.165) is 47.6 Å². The van der Waals surface area contributed by atoms with Crippen LogP contribution in [0, 0.1) is 0 Å². The molecule has 1 unspecified atom stereocenters. The summed E-state index contributed by atoms with van der Waals surface area (Å²) < 4.78 is 29.5. The van der Waals surface area contributed by atoms with Crippen LogP contribution in [0.2, 0.25) is 0 Å². The second-order valence-corrected chi connectivity index (χ2v) is 9.50. The van der Waals surface area contributed by atoms with Crippen molar-refractivity contribution in [1.29, 1.82) is 0 Å². The van der Waals surface area contributed by atoms with Crippen LogP contribution in [0.25, 0.3) is 0 Å². The molecule has 5 rings (SSSR count). The summed E-state index contributed by atoms with van der Waals surface area (Å²) in [6.07, 6.45) is 1.61. The molecule has 39 heavy (non-hydrogen) atoms. The second-order valence-electron chi connectivity index (χ2n) is 9.50. The number of methoxy groups -OCH3 is 3. The summed E-state index contributed by atoms with van der Waals surface area (Å²) >= 11 is 0. The lowest BCUT2D eigenvalue weighted by Crippen LogP contribution is -2.31. The van der Waals surface area contributed by atoms with Gasteiger partial charge in [-0.2, -0.15) is 0 Å². The fourth-order valence-electron chi connectivity index (χ4n) is 5.10. The molecule has 1 atom stereocenters. The predicted octanol–water partition coefficient (Wildman–Crippen LogP) is 6.30. The zero-order valence-electron chi connectivity index (χ0n) is 22.7. The van der Waals surface area contributed by atoms with Crippen molar-refractivity contribution in [2.45, 2.75) is 32.1 Å². The first-order valence-corrected chi connectivity index (χ1v) is 13.2. The summed E-state index contributed by atoms with van der Waals surface area (Å²) in [5.74, 6) is 3.49. The van der Waals surface area contributed by atoms with Gasteiger partial charge in [-0.15, -0.1) is 0 Å². The van der Waals surface area contributed by atoms with Gasteiger partial charge < -0.3 is 29.0 Å². The lowest BCUT2D eigenvalue weighted by Gasteiger charge is -2.30. The Bertz CT molecular complexity index is 1350. The molecule has 0 aromatic heterocycles. The van der Waals surface area contributed by atoms with Crippen LogP contribution in [0.15, 0.2) is 84.9 Å². The van der Waals surface area contributed by atoms with Crippen molar-refractivity contribution in [1.82, 2.24) is 5.32 Å². The summed E-state index contributed by atoms with van der Waals surface area (Å²) in [6, 6.07) is 28.8. The molecule has 0 amide bonds. The summed E-state index contributed by atoms with van der Waals surface area (Å²) in [7, 11) is 4.90. The summed E-state index contributed by atoms with van der Waals surface area (Å²) in [4.78, 5) is 0. The van der Waals surface area contributed by atoms with Gasteiger partial charge in [0.05, 0.1) is 21.3 Å². The molecule has 0 spiro atoms. The van der Waals surface area contributed by atoms with E-state index in [0.29, 0.717) is 30.5 Å². The molecule has 0 bridgehead atoms. The highest BCUT2D eigenvalue weighted by atomic mass is 16.5. The molecule has 202 valence electrons. The van der Waals surface area contributed by atoms with Crippen molar-refractivity contribution in [3.05, 3.63) is 113 Å². The van der Waals surface area contributed by atoms with E-state index in [1.54, 1.807) is 21.3 Å². The third-order valence-electron chi connectivity index (χ3n) is 7.03. The van der Waals surface area contributed by atoms with Gasteiger partial charge in [-0.05, 0) is 59.8 Å². The van der Waals surface area contributed by atoms with Crippen LogP contribution in [-0.4, -0.2) is 27.9 Å². The zero-order chi connectivity index (χ0) is 27.0. The van der Waals surface area contributed by atoms with Crippen LogP contribution in [-0.2, 0) is 26.1 Å². The molecular weight excluding hydrogens is 490 g/mol. The average Bonchev–Trinajstić information content (AvgIpc) is 2.99. The lowest BCUT2D eigenvalue weighted by atomic mass is 9.89. The topological polar surface area (TPSA) is 58.2 Å². The Morgan fingerprint density at radius 1 is 0.641 bits per heavy atom. The number of benzene rings is 4. The van der Waals surface area contributed by atoms with Crippen molar-refractivity contribution in [2.24, 2.45) is 0 Å². The Balaban J connectivity index is 1.46. The highest BCUT2D eigenvalue weighted by Gasteiger charge is 2.26. The number of fused-ring (bicyclic) bond motifs is 1. The maximum atomic E-state index is 6.50. The second kappa shape index (κ2) is 12.6. The molecule has 1 heterocycles. The lowest BCUT2D eigenvalue weighted by molar-refractivity contribution is 0.252. The quantitative estimate of drug-likeness (QED) is 0.248. The molecule has 1 N–H and O–H groups in total. The van der Waals surface area contributed by atoms with Crippen molar-refractivity contribution in [3.8, 4) is 28.7 Å². The standard InChI is InChI=1S/C33H35NO5/c1-35-30-19-25(20-31(36-2)33(30)37-3)18-28-26-14-15-29(38-21-23-10-6-4-7-11-23)32(27(26)16-17-34-28)39-22-24-12-8-5-9-13-24/h4-15,19-20,28,34H,16-18,21-22H2,1-3H3. The van der Waals surface area contributed by atoms with Gasteiger partial charge in [0.2, 0.25) is 5.75 Å². The minimum absolute atomic E-state index is 0.0961. The summed E-state index contributed by atoms with van der Waals surface area (Å²) in [5.41, 5.74) is 5.72. The van der Waals surface area contributed by atoms with Crippen LogP contribution in [0.5, 0.6) is 28.7 Å². The van der Waals surface area contributed by atoms with Gasteiger partial charge in [-0.1, -0.05) is 66.7 Å². The number of nitrogens with one attached hydrogen (secondary N) is 1. The van der Waals surface area contributed by atoms with E-state index in [1.165, 1.54) is 11.1 Å². The van der Waals surface area contributed by atoms with Crippen molar-refractivity contribution in [3.63, 3.8) is 0 Å². The van der Waals surface area contributed by atoms with E-state index in [1.807, 2.05) is 54.6 Å². The SMILES string of the molecule is COc1cc(CC2NCCc3c2ccc(OCc2ccccc2)c3OCc2ccccc2)cc(OC)c1OC. The highest BCUT2D eigenvalue weighted by Crippen LogP contribution is 2.42. The molecular formula is C33H35NO5. The Hall–Kier alpha value is -4.16. The predicted molar refractivity (Wildman–Crippen MR) is 152 cm³/mol. The third-order valence-corrected chi connectivity index (χ3v) is 7.03. The van der Waals surface area contributed by atoms with Gasteiger partial charge in [-0.3, -0.25) is 0 Å². The van der Waals surface area contributed by atoms with Gasteiger partial charge in [0.25, 0.3) is 0 Å². The van der Waals surface area contributed by atoms with E-state index in [2.05, 4.69) is 35.6 Å². The Morgan fingerprint density at radius 3 is 1.85 bits per heavy atom. The first-order chi connectivity index (χ1) is 19.2. The monoisotopic (exact) mass is 525 g/mol. The molecule has 6 heteroatoms. The van der Waals surface area contributed by atoms with E-state index in [4.69, 9.17) is 23.7 Å². The maximum absolute atomic E-state index is 6.50. The Kier molecular flexibility index (Phi) is 8.54. The molecule has 0 saturated heterocycles. The van der Waals surface area contributed by atoms with Crippen LogP contribution in [0.1, 0.15) is 33.9 Å². The molecule has 0 aliphatic carbocycles. The van der Waals surface area contributed by atoms with Crippen molar-refractivity contribution >= 4 is 0 Å². The van der Waals surface area contributed by atoms with Gasteiger partial charge in [0.1, 0.15) is 13.2 Å². The number of hydrogen-bond donors (Lipinski definition) is 1. The van der Waals surface area contributed by atoms with Gasteiger partial charge >= 0.3 is 0 Å². The van der Waals surface area contributed by atoms with E-state index in [9.17, 15) is 0 Å². The summed E-state index contributed by atoms with van der Waals surface area (Å²) in [6.45, 7) is 1.80. The first-order valence-electron chi connectivity index (χ1n) is 13.2. The smallest absolute Gasteiger partial charge is 0.203 e. The number of hydrogen-bond acceptors (Lipinski definition) is 6. The Labute approximate surface area is 230 Å². The first kappa shape index (κ1) is 26.4. The van der Waals surface area contributed by atoms with Crippen LogP contribution >= 0.6 is 0 Å². The fraction of sp³-hybridized carbons (Fsp3) is 0.273. The normalized spacial score (nSPS) is 14.3. The molecule has 1 aliphatic heterocycles. The van der Waals surface area contributed by atoms with Gasteiger partial charge in [0, 0.05) is 11.6 Å². The van der Waals surface area contributed by atoms with Crippen molar-refractivity contribution < 1.29 is 23.7 Å². The molecule has 0 radical (unpaired) electrons. The average molecular weight is 526 g/mol. The zero-order valence-corrected chi connectivity index (χ0v) is 22.7. The number of rotatable bonds is 11. The highest BCUT2D eigenvalue weighted by molar-refractivity contribution is 5.56. The van der Waals surface area contributed by atoms with Crippen LogP contribution in [0.3, 0.4) is 0 Å². The largest absolute Gasteiger partial charge is 0.493 e. The molecule has 6 nitrogen and oxygen atoms in total. The van der Waals surface area contributed by atoms with E-state index >= 15 is 0 Å². The van der Waals surface area contributed by atoms with Gasteiger partial charge in [0.15, 0.2) is 23.0 Å². The molecule has 0 fully saturated rings. The van der Waals surface area contributed by atoms with Crippen molar-refractivity contribution in [2.75, 3.05) is 27.9 Å². The van der Waals surface area contributed by atoms with Gasteiger partial charge in [-0.25, -0.2) is 0 Å². The molecule has 0 saturated carbocycles. The van der Waals surface area contributed by atoms with Crippen LogP contribution < -0.4 is 29.0 Å². The minimum Gasteiger partial charge on any atom is -0.493 e. The molecule has 4 aromatic rings. The Morgan fingerprint density at radius 2 is 1.26 bits per heavy atom. The molecule has 1 aliphatic rings. The fourth-order valence-corrected chi connectivity index (χ4v) is 5.10. The van der Waals surface area contributed by atoms with E-state index < -0.39 is 0 Å². The summed E-state index contributed by atoms with van der Waals surface area (Å²) in [5, 5.41) is 3.70.